The number of carbonyl (C=O) groups excluding carboxylic acids is 2. The second-order valence-corrected chi connectivity index (χ2v) is 6.19. The molecular weight excluding hydrogens is 320 g/mol. The summed E-state index contributed by atoms with van der Waals surface area (Å²) in [5.74, 6) is -0.387. The van der Waals surface area contributed by atoms with Crippen LogP contribution in [0.25, 0.3) is 10.4 Å². The Balaban J connectivity index is 1.85. The average Bonchev–Trinajstić information content (AvgIpc) is 3.09. The minimum atomic E-state index is -0.216. The molecule has 0 saturated carbocycles. The van der Waals surface area contributed by atoms with Crippen LogP contribution in [0.15, 0.2) is 66.0 Å². The van der Waals surface area contributed by atoms with E-state index in [1.807, 2.05) is 41.8 Å². The number of carbonyl (C=O) groups is 2. The number of anilines is 2. The zero-order chi connectivity index (χ0) is 16.9. The number of thiophene rings is 1. The highest BCUT2D eigenvalue weighted by atomic mass is 32.1. The molecule has 0 aliphatic heterocycles. The third-order valence-electron chi connectivity index (χ3n) is 3.41. The van der Waals surface area contributed by atoms with Gasteiger partial charge in [-0.2, -0.15) is 0 Å². The summed E-state index contributed by atoms with van der Waals surface area (Å²) >= 11 is 1.62. The Hall–Kier alpha value is -2.92. The molecule has 1 heterocycles. The lowest BCUT2D eigenvalue weighted by atomic mass is 10.1. The maximum atomic E-state index is 12.6. The second kappa shape index (κ2) is 7.10. The van der Waals surface area contributed by atoms with Gasteiger partial charge in [0.25, 0.3) is 5.91 Å². The minimum Gasteiger partial charge on any atom is -0.326 e. The molecule has 0 aliphatic carbocycles. The third-order valence-corrected chi connectivity index (χ3v) is 4.31. The van der Waals surface area contributed by atoms with Crippen LogP contribution >= 0.6 is 11.3 Å². The number of hydrogen-bond donors (Lipinski definition) is 2. The normalized spacial score (nSPS) is 10.2. The van der Waals surface area contributed by atoms with E-state index in [-0.39, 0.29) is 11.8 Å². The number of para-hydroxylation sites is 1. The van der Waals surface area contributed by atoms with Crippen LogP contribution in [0.2, 0.25) is 0 Å². The fourth-order valence-corrected chi connectivity index (χ4v) is 3.14. The lowest BCUT2D eigenvalue weighted by Gasteiger charge is -2.11. The lowest BCUT2D eigenvalue weighted by molar-refractivity contribution is -0.114. The van der Waals surface area contributed by atoms with Crippen LogP contribution < -0.4 is 10.6 Å². The Kier molecular flexibility index (Phi) is 4.72. The molecule has 3 aromatic rings. The highest BCUT2D eigenvalue weighted by Crippen LogP contribution is 2.31. The predicted molar refractivity (Wildman–Crippen MR) is 98.5 cm³/mol. The minimum absolute atomic E-state index is 0.171. The van der Waals surface area contributed by atoms with Crippen LogP contribution in [0.3, 0.4) is 0 Å². The van der Waals surface area contributed by atoms with Gasteiger partial charge in [0.15, 0.2) is 0 Å². The van der Waals surface area contributed by atoms with Gasteiger partial charge in [-0.25, -0.2) is 0 Å². The van der Waals surface area contributed by atoms with Crippen molar-refractivity contribution in [3.63, 3.8) is 0 Å². The maximum absolute atomic E-state index is 12.6. The fourth-order valence-electron chi connectivity index (χ4n) is 2.37. The molecule has 0 saturated heterocycles. The molecule has 2 N–H and O–H groups in total. The van der Waals surface area contributed by atoms with Crippen LogP contribution in [0, 0.1) is 0 Å². The first-order valence-corrected chi connectivity index (χ1v) is 8.33. The molecule has 1 aromatic heterocycles. The monoisotopic (exact) mass is 336 g/mol. The van der Waals surface area contributed by atoms with Gasteiger partial charge >= 0.3 is 0 Å². The van der Waals surface area contributed by atoms with E-state index in [9.17, 15) is 9.59 Å². The summed E-state index contributed by atoms with van der Waals surface area (Å²) in [6.45, 7) is 1.43. The SMILES string of the molecule is CC(=O)Nc1cccc(C(=O)Nc2ccccc2-c2cccs2)c1. The predicted octanol–water partition coefficient (Wildman–Crippen LogP) is 4.63. The highest BCUT2D eigenvalue weighted by molar-refractivity contribution is 7.13. The van der Waals surface area contributed by atoms with Gasteiger partial charge in [-0.1, -0.05) is 30.3 Å². The van der Waals surface area contributed by atoms with Gasteiger partial charge in [-0.05, 0) is 35.7 Å². The smallest absolute Gasteiger partial charge is 0.255 e. The summed E-state index contributed by atoms with van der Waals surface area (Å²) in [6.07, 6.45) is 0. The average molecular weight is 336 g/mol. The van der Waals surface area contributed by atoms with Crippen molar-refractivity contribution in [2.24, 2.45) is 0 Å². The van der Waals surface area contributed by atoms with E-state index in [2.05, 4.69) is 10.6 Å². The zero-order valence-corrected chi connectivity index (χ0v) is 13.9. The van der Waals surface area contributed by atoms with E-state index in [0.29, 0.717) is 11.3 Å². The molecule has 0 radical (unpaired) electrons. The van der Waals surface area contributed by atoms with Gasteiger partial charge in [-0.3, -0.25) is 9.59 Å². The van der Waals surface area contributed by atoms with Crippen molar-refractivity contribution >= 4 is 34.5 Å². The van der Waals surface area contributed by atoms with Gasteiger partial charge in [0, 0.05) is 34.3 Å². The fraction of sp³-hybridized carbons (Fsp3) is 0.0526. The molecule has 0 aliphatic rings. The lowest BCUT2D eigenvalue weighted by Crippen LogP contribution is -2.13. The van der Waals surface area contributed by atoms with E-state index in [4.69, 9.17) is 0 Å². The Morgan fingerprint density at radius 3 is 2.50 bits per heavy atom. The summed E-state index contributed by atoms with van der Waals surface area (Å²) in [5, 5.41) is 7.64. The quantitative estimate of drug-likeness (QED) is 0.730. The zero-order valence-electron chi connectivity index (χ0n) is 13.1. The molecule has 2 amide bonds. The molecule has 0 bridgehead atoms. The van der Waals surface area contributed by atoms with Crippen LogP contribution in [0.1, 0.15) is 17.3 Å². The molecule has 0 spiro atoms. The summed E-state index contributed by atoms with van der Waals surface area (Å²) in [6, 6.07) is 18.6. The molecule has 0 atom stereocenters. The molecule has 4 nitrogen and oxygen atoms in total. The van der Waals surface area contributed by atoms with Crippen molar-refractivity contribution in [2.75, 3.05) is 10.6 Å². The first kappa shape index (κ1) is 16.0. The van der Waals surface area contributed by atoms with Crippen LogP contribution in [0.4, 0.5) is 11.4 Å². The topological polar surface area (TPSA) is 58.2 Å². The van der Waals surface area contributed by atoms with Crippen LogP contribution in [-0.2, 0) is 4.79 Å². The van der Waals surface area contributed by atoms with E-state index in [1.54, 1.807) is 35.6 Å². The molecule has 120 valence electrons. The first-order valence-electron chi connectivity index (χ1n) is 7.45. The second-order valence-electron chi connectivity index (χ2n) is 5.24. The molecule has 5 heteroatoms. The van der Waals surface area contributed by atoms with E-state index >= 15 is 0 Å². The molecule has 0 unspecified atom stereocenters. The molecule has 24 heavy (non-hydrogen) atoms. The molecule has 3 rings (SSSR count). The van der Waals surface area contributed by atoms with Gasteiger partial charge < -0.3 is 10.6 Å². The van der Waals surface area contributed by atoms with Gasteiger partial charge in [0.2, 0.25) is 5.91 Å². The number of rotatable bonds is 4. The van der Waals surface area contributed by atoms with Crippen molar-refractivity contribution in [1.82, 2.24) is 0 Å². The largest absolute Gasteiger partial charge is 0.326 e. The molecular formula is C19H16N2O2S. The van der Waals surface area contributed by atoms with Gasteiger partial charge in [0.05, 0.1) is 0 Å². The van der Waals surface area contributed by atoms with E-state index in [0.717, 1.165) is 16.1 Å². The maximum Gasteiger partial charge on any atom is 0.255 e. The van der Waals surface area contributed by atoms with Crippen LogP contribution in [0.5, 0.6) is 0 Å². The highest BCUT2D eigenvalue weighted by Gasteiger charge is 2.11. The molecule has 0 fully saturated rings. The molecule has 2 aromatic carbocycles. The summed E-state index contributed by atoms with van der Waals surface area (Å²) in [5.41, 5.74) is 2.83. The summed E-state index contributed by atoms with van der Waals surface area (Å²) < 4.78 is 0. The van der Waals surface area contributed by atoms with Crippen molar-refractivity contribution in [3.8, 4) is 10.4 Å². The van der Waals surface area contributed by atoms with Crippen molar-refractivity contribution in [2.45, 2.75) is 6.92 Å². The third kappa shape index (κ3) is 3.70. The van der Waals surface area contributed by atoms with Gasteiger partial charge in [-0.15, -0.1) is 11.3 Å². The Bertz CT molecular complexity index is 873. The van der Waals surface area contributed by atoms with E-state index in [1.165, 1.54) is 6.92 Å². The van der Waals surface area contributed by atoms with Crippen molar-refractivity contribution < 1.29 is 9.59 Å². The number of hydrogen-bond acceptors (Lipinski definition) is 3. The summed E-state index contributed by atoms with van der Waals surface area (Å²) in [4.78, 5) is 24.8. The summed E-state index contributed by atoms with van der Waals surface area (Å²) in [7, 11) is 0. The standard InChI is InChI=1S/C19H16N2O2S/c1-13(22)20-15-7-4-6-14(12-15)19(23)21-17-9-3-2-8-16(17)18-10-5-11-24-18/h2-12H,1H3,(H,20,22)(H,21,23). The Morgan fingerprint density at radius 2 is 1.75 bits per heavy atom. The number of nitrogens with one attached hydrogen (secondary N) is 2. The van der Waals surface area contributed by atoms with E-state index < -0.39 is 0 Å². The Morgan fingerprint density at radius 1 is 0.917 bits per heavy atom. The van der Waals surface area contributed by atoms with Crippen LogP contribution in [-0.4, -0.2) is 11.8 Å². The number of amides is 2. The number of benzene rings is 2. The Labute approximate surface area is 144 Å². The van der Waals surface area contributed by atoms with Gasteiger partial charge in [0.1, 0.15) is 0 Å². The van der Waals surface area contributed by atoms with Crippen molar-refractivity contribution in [3.05, 3.63) is 71.6 Å². The first-order chi connectivity index (χ1) is 11.6. The van der Waals surface area contributed by atoms with Crippen molar-refractivity contribution in [1.29, 1.82) is 0 Å².